The highest BCUT2D eigenvalue weighted by Gasteiger charge is 2.61. The van der Waals surface area contributed by atoms with Crippen LogP contribution in [0.3, 0.4) is 0 Å². The van der Waals surface area contributed by atoms with Gasteiger partial charge in [-0.1, -0.05) is 51.1 Å². The molecule has 14 nitrogen and oxygen atoms in total. The fourth-order valence-electron chi connectivity index (χ4n) is 6.93. The highest BCUT2D eigenvalue weighted by atomic mass is 19.4. The molecule has 324 valence electrons. The zero-order chi connectivity index (χ0) is 44.7. The summed E-state index contributed by atoms with van der Waals surface area (Å²) in [5.41, 5.74) is -4.46. The number of likely N-dealkylation sites (tertiary alicyclic amines) is 1. The number of hydrogen-bond donors (Lipinski definition) is 3. The van der Waals surface area contributed by atoms with E-state index in [-0.39, 0.29) is 41.6 Å². The van der Waals surface area contributed by atoms with Crippen LogP contribution in [0.5, 0.6) is 11.5 Å². The van der Waals surface area contributed by atoms with Crippen LogP contribution in [0.25, 0.3) is 22.3 Å². The molecule has 5 unspecified atom stereocenters. The van der Waals surface area contributed by atoms with Crippen LogP contribution in [-0.2, 0) is 19.1 Å². The molecule has 2 aromatic carbocycles. The van der Waals surface area contributed by atoms with E-state index in [2.05, 4.69) is 31.8 Å². The minimum atomic E-state index is -5.03. The predicted molar refractivity (Wildman–Crippen MR) is 201 cm³/mol. The van der Waals surface area contributed by atoms with Gasteiger partial charge in [0.05, 0.1) is 17.8 Å². The van der Waals surface area contributed by atoms with Crippen molar-refractivity contribution >= 4 is 23.9 Å². The molecule has 1 aliphatic heterocycles. The van der Waals surface area contributed by atoms with Crippen molar-refractivity contribution < 1.29 is 64.8 Å². The number of ether oxygens (including phenoxy) is 3. The molecule has 3 amide bonds. The van der Waals surface area contributed by atoms with Crippen LogP contribution in [-0.4, -0.2) is 86.2 Å². The third kappa shape index (κ3) is 10.4. The molecule has 2 fully saturated rings. The number of nitrogens with zero attached hydrogens (tertiary/aromatic N) is 3. The van der Waals surface area contributed by atoms with Crippen molar-refractivity contribution in [2.75, 3.05) is 6.54 Å². The van der Waals surface area contributed by atoms with Gasteiger partial charge < -0.3 is 34.9 Å². The fraction of sp³-hybridized carbons (Fsp3) is 0.450. The van der Waals surface area contributed by atoms with Gasteiger partial charge in [0.1, 0.15) is 34.7 Å². The third-order valence-corrected chi connectivity index (χ3v) is 9.79. The second-order valence-corrected chi connectivity index (χ2v) is 16.5. The summed E-state index contributed by atoms with van der Waals surface area (Å²) >= 11 is 0. The number of carbonyl (C=O) groups excluding carboxylic acids is 3. The van der Waals surface area contributed by atoms with Crippen molar-refractivity contribution in [2.24, 2.45) is 11.3 Å². The van der Waals surface area contributed by atoms with Crippen LogP contribution in [0.15, 0.2) is 72.2 Å². The van der Waals surface area contributed by atoms with Crippen LogP contribution in [0.2, 0.25) is 0 Å². The van der Waals surface area contributed by atoms with E-state index in [1.54, 1.807) is 41.5 Å². The molecule has 3 aromatic rings. The number of carboxylic acid groups (broad SMARTS) is 1. The molecule has 0 bridgehead atoms. The van der Waals surface area contributed by atoms with Crippen molar-refractivity contribution in [3.63, 3.8) is 0 Å². The van der Waals surface area contributed by atoms with Gasteiger partial charge in [-0.25, -0.2) is 14.3 Å². The normalized spacial score (nSPS) is 21.1. The first-order valence-corrected chi connectivity index (χ1v) is 18.4. The molecule has 1 saturated heterocycles. The number of amides is 3. The molecule has 1 aromatic heterocycles. The number of aliphatic carboxylic acids is 1. The lowest BCUT2D eigenvalue weighted by molar-refractivity contribution is -0.275. The first-order valence-electron chi connectivity index (χ1n) is 18.4. The van der Waals surface area contributed by atoms with Crippen molar-refractivity contribution in [3.05, 3.63) is 77.7 Å². The molecule has 0 radical (unpaired) electrons. The van der Waals surface area contributed by atoms with Crippen LogP contribution < -0.4 is 25.7 Å². The van der Waals surface area contributed by atoms with Crippen molar-refractivity contribution in [2.45, 2.75) is 96.4 Å². The number of alkyl carbamates (subject to hydrolysis) is 1. The Morgan fingerprint density at radius 3 is 1.88 bits per heavy atom. The molecule has 5 atom stereocenters. The summed E-state index contributed by atoms with van der Waals surface area (Å²) in [5.74, 6) is -4.81. The van der Waals surface area contributed by atoms with E-state index in [1.165, 1.54) is 24.4 Å². The molecule has 60 heavy (non-hydrogen) atoms. The Balaban J connectivity index is 1.60. The van der Waals surface area contributed by atoms with Crippen LogP contribution in [0.4, 0.5) is 31.1 Å². The molecule has 1 saturated carbocycles. The highest BCUT2D eigenvalue weighted by molar-refractivity contribution is 5.96. The largest absolute Gasteiger partial charge is 0.573 e. The lowest BCUT2D eigenvalue weighted by atomic mass is 9.85. The second kappa shape index (κ2) is 16.2. The standard InChI is InChI=1S/C40H43F6N5O9/c1-8-23-18-38(23,34(55)56)49-31(52)28-17-24(20-50(28)33(54)30(36(2,3)4)48-35(57)60-37(5,6)7)51-32(53)29(22-11-15-26(16-12-22)59-40(44,45)46)27(19-47-51)21-9-13-25(14-10-21)58-39(41,42)43/h8-16,19,23-24,28,30H,1,17-18,20H2,2-7H3,(H,48,57)(H,49,52)(H,55,56). The number of nitrogens with one attached hydrogen (secondary N) is 2. The van der Waals surface area contributed by atoms with Crippen LogP contribution >= 0.6 is 0 Å². The minimum Gasteiger partial charge on any atom is -0.479 e. The second-order valence-electron chi connectivity index (χ2n) is 16.5. The number of halogens is 6. The zero-order valence-corrected chi connectivity index (χ0v) is 33.2. The molecule has 20 heteroatoms. The Labute approximate surface area is 339 Å². The Bertz CT molecular complexity index is 2200. The third-order valence-electron chi connectivity index (χ3n) is 9.79. The topological polar surface area (TPSA) is 178 Å². The number of hydrogen-bond acceptors (Lipinski definition) is 9. The number of carbonyl (C=O) groups is 4. The summed E-state index contributed by atoms with van der Waals surface area (Å²) in [4.78, 5) is 69.7. The van der Waals surface area contributed by atoms with Gasteiger partial charge in [-0.15, -0.1) is 32.9 Å². The lowest BCUT2D eigenvalue weighted by Gasteiger charge is -2.36. The van der Waals surface area contributed by atoms with E-state index in [4.69, 9.17) is 4.74 Å². The smallest absolute Gasteiger partial charge is 0.479 e. The van der Waals surface area contributed by atoms with Crippen molar-refractivity contribution in [1.29, 1.82) is 0 Å². The summed E-state index contributed by atoms with van der Waals surface area (Å²) in [6, 6.07) is 4.75. The fourth-order valence-corrected chi connectivity index (χ4v) is 6.93. The first-order chi connectivity index (χ1) is 27.6. The maximum absolute atomic E-state index is 14.6. The summed E-state index contributed by atoms with van der Waals surface area (Å²) in [6.45, 7) is 13.1. The Morgan fingerprint density at radius 2 is 1.43 bits per heavy atom. The van der Waals surface area contributed by atoms with Gasteiger partial charge in [0.25, 0.3) is 5.56 Å². The van der Waals surface area contributed by atoms with Crippen LogP contribution in [0.1, 0.15) is 60.4 Å². The van der Waals surface area contributed by atoms with Gasteiger partial charge in [-0.05, 0) is 68.0 Å². The van der Waals surface area contributed by atoms with Crippen molar-refractivity contribution in [1.82, 2.24) is 25.3 Å². The number of benzene rings is 2. The van der Waals surface area contributed by atoms with Gasteiger partial charge >= 0.3 is 24.8 Å². The van der Waals surface area contributed by atoms with E-state index in [0.717, 1.165) is 46.0 Å². The van der Waals surface area contributed by atoms with Crippen LogP contribution in [0, 0.1) is 11.3 Å². The monoisotopic (exact) mass is 851 g/mol. The molecular weight excluding hydrogens is 808 g/mol. The summed E-state index contributed by atoms with van der Waals surface area (Å²) in [7, 11) is 0. The maximum atomic E-state index is 14.6. The predicted octanol–water partition coefficient (Wildman–Crippen LogP) is 6.60. The van der Waals surface area contributed by atoms with Gasteiger partial charge in [0.2, 0.25) is 11.8 Å². The van der Waals surface area contributed by atoms with E-state index in [9.17, 15) is 55.4 Å². The average Bonchev–Trinajstić information content (AvgIpc) is 3.65. The summed E-state index contributed by atoms with van der Waals surface area (Å²) in [6.07, 6.45) is -8.69. The summed E-state index contributed by atoms with van der Waals surface area (Å²) < 4.78 is 91.9. The number of alkyl halides is 6. The molecule has 5 rings (SSSR count). The highest BCUT2D eigenvalue weighted by Crippen LogP contribution is 2.45. The van der Waals surface area contributed by atoms with E-state index in [0.29, 0.717) is 0 Å². The van der Waals surface area contributed by atoms with Gasteiger partial charge in [-0.3, -0.25) is 14.4 Å². The van der Waals surface area contributed by atoms with E-state index < -0.39 is 94.3 Å². The zero-order valence-electron chi connectivity index (χ0n) is 33.2. The molecule has 1 aliphatic carbocycles. The van der Waals surface area contributed by atoms with E-state index >= 15 is 0 Å². The first kappa shape index (κ1) is 45.0. The van der Waals surface area contributed by atoms with Crippen molar-refractivity contribution in [3.8, 4) is 33.8 Å². The number of aromatic nitrogens is 2. The molecular formula is C40H43F6N5O9. The minimum absolute atomic E-state index is 0.0223. The average molecular weight is 852 g/mol. The molecule has 0 spiro atoms. The number of rotatable bonds is 11. The van der Waals surface area contributed by atoms with Gasteiger partial charge in [0.15, 0.2) is 0 Å². The van der Waals surface area contributed by atoms with E-state index in [1.807, 2.05) is 0 Å². The SMILES string of the molecule is C=CC1CC1(NC(=O)C1CC(n2ncc(-c3ccc(OC(F)(F)F)cc3)c(-c3ccc(OC(F)(F)F)cc3)c2=O)CN1C(=O)C(NC(=O)OC(C)(C)C)C(C)(C)C)C(=O)O. The Morgan fingerprint density at radius 1 is 0.900 bits per heavy atom. The molecule has 3 N–H and O–H groups in total. The quantitative estimate of drug-likeness (QED) is 0.141. The Kier molecular flexibility index (Phi) is 12.1. The number of carboxylic acids is 1. The van der Waals surface area contributed by atoms with Gasteiger partial charge in [0, 0.05) is 24.4 Å². The maximum Gasteiger partial charge on any atom is 0.573 e. The summed E-state index contributed by atoms with van der Waals surface area (Å²) in [5, 5.41) is 19.5. The molecule has 2 heterocycles. The lowest BCUT2D eigenvalue weighted by Crippen LogP contribution is -2.59. The molecule has 2 aliphatic rings. The van der Waals surface area contributed by atoms with Gasteiger partial charge in [-0.2, -0.15) is 5.10 Å². The Hall–Kier alpha value is -6.08.